The topological polar surface area (TPSA) is 225 Å². The van der Waals surface area contributed by atoms with E-state index < -0.39 is 35.1 Å². The van der Waals surface area contributed by atoms with Gasteiger partial charge in [-0.25, -0.2) is 30.4 Å². The van der Waals surface area contributed by atoms with Crippen LogP contribution in [0.25, 0.3) is 33.4 Å². The fourth-order valence-corrected chi connectivity index (χ4v) is 14.3. The smallest absolute Gasteiger partial charge is 0.295 e. The van der Waals surface area contributed by atoms with Crippen LogP contribution in [0.4, 0.5) is 28.4 Å². The van der Waals surface area contributed by atoms with Gasteiger partial charge in [-0.3, -0.25) is 14.1 Å². The summed E-state index contributed by atoms with van der Waals surface area (Å²) in [6.45, 7) is 27.6. The second kappa shape index (κ2) is 27.2. The molecule has 19 heteroatoms. The molecule has 6 rings (SSSR count). The maximum absolute atomic E-state index is 15.4. The van der Waals surface area contributed by atoms with Gasteiger partial charge >= 0.3 is 0 Å². The summed E-state index contributed by atoms with van der Waals surface area (Å²) >= 11 is 0. The highest BCUT2D eigenvalue weighted by Gasteiger charge is 2.33. The molecule has 0 spiro atoms. The number of nitrogens with one attached hydrogen (secondary N) is 3. The van der Waals surface area contributed by atoms with Crippen molar-refractivity contribution >= 4 is 81.4 Å². The third-order valence-corrected chi connectivity index (χ3v) is 19.9. The fourth-order valence-electron chi connectivity index (χ4n) is 10.9. The van der Waals surface area contributed by atoms with Crippen LogP contribution in [0, 0.1) is 52.4 Å². The van der Waals surface area contributed by atoms with Crippen LogP contribution < -0.4 is 21.3 Å². The zero-order valence-corrected chi connectivity index (χ0v) is 54.8. The Kier molecular flexibility index (Phi) is 21.7. The van der Waals surface area contributed by atoms with Crippen molar-refractivity contribution in [2.24, 2.45) is 15.8 Å². The molecule has 0 atom stereocenters. The monoisotopic (exact) mass is 1210 g/mol. The molecular formula is C65H90N6O10S3. The Morgan fingerprint density at radius 3 is 1.58 bits per heavy atom. The first-order valence-corrected chi connectivity index (χ1v) is 33.6. The Morgan fingerprint density at radius 2 is 1.06 bits per heavy atom. The average molecular weight is 1210 g/mol. The van der Waals surface area contributed by atoms with Crippen LogP contribution in [-0.2, 0) is 39.8 Å². The minimum atomic E-state index is -5.00. The van der Waals surface area contributed by atoms with Crippen molar-refractivity contribution in [1.82, 2.24) is 8.61 Å². The molecule has 458 valence electrons. The lowest BCUT2D eigenvalue weighted by Gasteiger charge is -2.25. The first kappa shape index (κ1) is 67.2. The third-order valence-electron chi connectivity index (χ3n) is 15.2. The number of carbonyl (C=O) groups is 2. The SMILES string of the molecule is CCCCCCCN(C)S(=O)(=O)c1cc2c(-c3ccccc3S(=O)(=O)O)c3cc(S(=O)(=O)N(C)CCCCCCC)c(=Nc4c(C)cc(C)c(NC(=O)CC(C)(C)C)c4C)cc-3oc2cc1Nc1c(C)cc(C)c(NC(=O)CC(C)(C)C)c1C. The average Bonchev–Trinajstić information content (AvgIpc) is 2.65. The molecule has 0 radical (unpaired) electrons. The van der Waals surface area contributed by atoms with E-state index in [-0.39, 0.29) is 103 Å². The number of sulfonamides is 2. The maximum atomic E-state index is 15.4. The molecule has 4 aromatic carbocycles. The second-order valence-corrected chi connectivity index (χ2v) is 30.6. The van der Waals surface area contributed by atoms with Crippen molar-refractivity contribution in [2.75, 3.05) is 43.1 Å². The number of nitrogens with zero attached hydrogens (tertiary/aromatic N) is 3. The van der Waals surface area contributed by atoms with Gasteiger partial charge in [0.15, 0.2) is 0 Å². The number of hydrogen-bond acceptors (Lipinski definition) is 11. The largest absolute Gasteiger partial charge is 0.456 e. The molecule has 2 aliphatic rings. The van der Waals surface area contributed by atoms with Gasteiger partial charge in [-0.05, 0) is 117 Å². The highest BCUT2D eigenvalue weighted by Crippen LogP contribution is 2.47. The summed E-state index contributed by atoms with van der Waals surface area (Å²) in [6, 6.07) is 15.3. The summed E-state index contributed by atoms with van der Waals surface area (Å²) in [5, 5.41) is 9.71. The number of amides is 2. The molecule has 84 heavy (non-hydrogen) atoms. The Bertz CT molecular complexity index is 3820. The molecule has 0 fully saturated rings. The van der Waals surface area contributed by atoms with Crippen LogP contribution in [-0.4, -0.2) is 77.4 Å². The predicted octanol–water partition coefficient (Wildman–Crippen LogP) is 15.2. The minimum Gasteiger partial charge on any atom is -0.456 e. The number of anilines is 4. The van der Waals surface area contributed by atoms with E-state index in [1.165, 1.54) is 65.2 Å². The normalized spacial score (nSPS) is 13.0. The van der Waals surface area contributed by atoms with Gasteiger partial charge in [-0.2, -0.15) is 8.42 Å². The van der Waals surface area contributed by atoms with Crippen LogP contribution in [0.15, 0.2) is 84.8 Å². The Morgan fingerprint density at radius 1 is 0.571 bits per heavy atom. The van der Waals surface area contributed by atoms with Gasteiger partial charge in [-0.1, -0.05) is 137 Å². The molecule has 2 amide bonds. The number of benzene rings is 5. The molecule has 0 saturated carbocycles. The van der Waals surface area contributed by atoms with Crippen LogP contribution in [0.2, 0.25) is 0 Å². The first-order valence-electron chi connectivity index (χ1n) is 29.3. The number of hydrogen-bond donors (Lipinski definition) is 4. The van der Waals surface area contributed by atoms with E-state index in [0.717, 1.165) is 68.1 Å². The molecule has 1 aliphatic heterocycles. The summed E-state index contributed by atoms with van der Waals surface area (Å²) in [5.41, 5.74) is 5.90. The summed E-state index contributed by atoms with van der Waals surface area (Å²) in [6.07, 6.45) is 9.13. The number of carbonyl (C=O) groups excluding carboxylic acids is 2. The number of fused-ring (bicyclic) bond motifs is 2. The van der Waals surface area contributed by atoms with Gasteiger partial charge in [0, 0.05) is 91.3 Å². The highest BCUT2D eigenvalue weighted by atomic mass is 32.2. The number of aryl methyl sites for hydroxylation is 4. The molecule has 0 aromatic heterocycles. The van der Waals surface area contributed by atoms with Crippen molar-refractivity contribution in [3.8, 4) is 22.5 Å². The summed E-state index contributed by atoms with van der Waals surface area (Å²) in [7, 11) is -10.9. The van der Waals surface area contributed by atoms with Crippen molar-refractivity contribution in [3.63, 3.8) is 0 Å². The summed E-state index contributed by atoms with van der Waals surface area (Å²) in [5.74, 6) is -0.342. The predicted molar refractivity (Wildman–Crippen MR) is 340 cm³/mol. The molecule has 1 aliphatic carbocycles. The van der Waals surface area contributed by atoms with Crippen molar-refractivity contribution in [2.45, 2.75) is 189 Å². The third kappa shape index (κ3) is 16.1. The maximum Gasteiger partial charge on any atom is 0.295 e. The van der Waals surface area contributed by atoms with Gasteiger partial charge < -0.3 is 20.4 Å². The van der Waals surface area contributed by atoms with Crippen molar-refractivity contribution < 1.29 is 43.8 Å². The van der Waals surface area contributed by atoms with E-state index in [1.807, 2.05) is 95.2 Å². The van der Waals surface area contributed by atoms with E-state index in [0.29, 0.717) is 52.3 Å². The van der Waals surface area contributed by atoms with Gasteiger partial charge in [0.05, 0.1) is 16.7 Å². The molecule has 4 N–H and O–H groups in total. The zero-order chi connectivity index (χ0) is 62.4. The second-order valence-electron chi connectivity index (χ2n) is 25.1. The molecule has 4 aromatic rings. The quantitative estimate of drug-likeness (QED) is 0.0240. The highest BCUT2D eigenvalue weighted by molar-refractivity contribution is 7.89. The molecular weight excluding hydrogens is 1120 g/mol. The van der Waals surface area contributed by atoms with Gasteiger partial charge in [-0.15, -0.1) is 0 Å². The molecule has 1 heterocycles. The summed E-state index contributed by atoms with van der Waals surface area (Å²) in [4.78, 5) is 31.2. The zero-order valence-electron chi connectivity index (χ0n) is 52.4. The van der Waals surface area contributed by atoms with Crippen LogP contribution in [0.5, 0.6) is 0 Å². The van der Waals surface area contributed by atoms with Crippen LogP contribution in [0.1, 0.15) is 166 Å². The molecule has 16 nitrogen and oxygen atoms in total. The molecule has 0 bridgehead atoms. The van der Waals surface area contributed by atoms with E-state index in [2.05, 4.69) is 29.8 Å². The Hall–Kier alpha value is -5.96. The first-order chi connectivity index (χ1) is 39.1. The lowest BCUT2D eigenvalue weighted by atomic mass is 9.91. The minimum absolute atomic E-state index is 0.0236. The Balaban J connectivity index is 1.79. The fraction of sp³-hybridized carbons (Fsp3) is 0.492. The van der Waals surface area contributed by atoms with Crippen LogP contribution >= 0.6 is 0 Å². The number of unbranched alkanes of at least 4 members (excludes halogenated alkanes) is 8. The van der Waals surface area contributed by atoms with E-state index in [4.69, 9.17) is 9.41 Å². The van der Waals surface area contributed by atoms with Crippen molar-refractivity contribution in [1.29, 1.82) is 0 Å². The van der Waals surface area contributed by atoms with E-state index in [9.17, 15) is 22.6 Å². The standard InChI is InChI=1S/C65H90N6O10S3/c1-17-19-21-23-27-31-70(15)82(74,75)55-35-48-52(37-50(55)66-60-41(3)33-43(5)62(45(60)7)68-57(72)39-64(9,10)11)81-53-38-51(67-61-42(4)34-44(6)63(46(61)8)69-58(73)40-65(12,13)14)56(83(76,77)71(16)32-28-24-22-20-18-2)36-49(53)59(48)47-29-25-26-30-54(47)84(78,79)80/h25-26,29-30,33-38,66H,17-24,27-28,31-32,39-40H2,1-16H3,(H,68,72)(H,69,73)(H,78,79,80). The lowest BCUT2D eigenvalue weighted by Crippen LogP contribution is -2.32. The van der Waals surface area contributed by atoms with Gasteiger partial charge in [0.2, 0.25) is 31.9 Å². The lowest BCUT2D eigenvalue weighted by molar-refractivity contribution is -0.118. The summed E-state index contributed by atoms with van der Waals surface area (Å²) < 4.78 is 109. The van der Waals surface area contributed by atoms with E-state index in [1.54, 1.807) is 6.07 Å². The number of rotatable bonds is 25. The van der Waals surface area contributed by atoms with Gasteiger partial charge in [0.1, 0.15) is 26.0 Å². The van der Waals surface area contributed by atoms with E-state index >= 15 is 16.8 Å². The Labute approximate surface area is 500 Å². The van der Waals surface area contributed by atoms with Gasteiger partial charge in [0.25, 0.3) is 10.1 Å². The van der Waals surface area contributed by atoms with Crippen LogP contribution in [0.3, 0.4) is 0 Å². The van der Waals surface area contributed by atoms with Crippen molar-refractivity contribution in [3.05, 3.63) is 99.4 Å². The molecule has 0 unspecified atom stereocenters. The molecule has 0 saturated heterocycles.